The molecular weight excluding hydrogens is 516 g/mol. The number of hydrogen-bond donors (Lipinski definition) is 1. The maximum Gasteiger partial charge on any atom is 0.252 e. The van der Waals surface area contributed by atoms with E-state index in [1.807, 2.05) is 0 Å². The number of piperidine rings is 1. The second-order valence-electron chi connectivity index (χ2n) is 10.0. The number of nitrogens with two attached hydrogens (primary N) is 1. The molecule has 2 aliphatic rings. The van der Waals surface area contributed by atoms with E-state index in [1.165, 1.54) is 6.33 Å². The van der Waals surface area contributed by atoms with Crippen LogP contribution < -0.4 is 10.5 Å². The predicted molar refractivity (Wildman–Crippen MR) is 144 cm³/mol. The highest BCUT2D eigenvalue weighted by Crippen LogP contribution is 2.36. The van der Waals surface area contributed by atoms with E-state index in [2.05, 4.69) is 14.8 Å². The summed E-state index contributed by atoms with van der Waals surface area (Å²) in [6.45, 7) is 8.45. The van der Waals surface area contributed by atoms with Gasteiger partial charge in [0.15, 0.2) is 17.2 Å². The Bertz CT molecular complexity index is 1670. The molecule has 1 saturated heterocycles. The van der Waals surface area contributed by atoms with Crippen molar-refractivity contribution >= 4 is 22.8 Å². The first-order valence-corrected chi connectivity index (χ1v) is 13.0. The molecule has 2 aromatic heterocycles. The van der Waals surface area contributed by atoms with Crippen molar-refractivity contribution in [3.63, 3.8) is 0 Å². The molecule has 202 valence electrons. The Balaban J connectivity index is 1.30. The number of rotatable bonds is 6. The fraction of sp³-hybridized carbons (Fsp3) is 0.276. The molecule has 1 saturated carbocycles. The van der Waals surface area contributed by atoms with Crippen molar-refractivity contribution in [2.24, 2.45) is 5.92 Å². The summed E-state index contributed by atoms with van der Waals surface area (Å²) < 4.78 is 34.9. The number of anilines is 1. The van der Waals surface area contributed by atoms with E-state index in [0.717, 1.165) is 43.9 Å². The van der Waals surface area contributed by atoms with Gasteiger partial charge in [0.2, 0.25) is 5.70 Å². The van der Waals surface area contributed by atoms with Gasteiger partial charge in [0, 0.05) is 24.7 Å². The van der Waals surface area contributed by atoms with Gasteiger partial charge in [0.05, 0.1) is 18.0 Å². The lowest BCUT2D eigenvalue weighted by Crippen LogP contribution is -2.41. The molecule has 2 fully saturated rings. The molecule has 6 rings (SSSR count). The Morgan fingerprint density at radius 2 is 1.93 bits per heavy atom. The smallest absolute Gasteiger partial charge is 0.252 e. The lowest BCUT2D eigenvalue weighted by Gasteiger charge is -2.33. The summed E-state index contributed by atoms with van der Waals surface area (Å²) in [5, 5.41) is 5.45. The third kappa shape index (κ3) is 4.96. The van der Waals surface area contributed by atoms with Crippen molar-refractivity contribution < 1.29 is 18.3 Å². The van der Waals surface area contributed by atoms with Crippen LogP contribution in [0.25, 0.3) is 27.1 Å². The molecule has 3 heterocycles. The van der Waals surface area contributed by atoms with Crippen LogP contribution in [0.4, 0.5) is 14.6 Å². The fourth-order valence-corrected chi connectivity index (χ4v) is 4.96. The van der Waals surface area contributed by atoms with Crippen LogP contribution in [0, 0.1) is 24.1 Å². The average Bonchev–Trinajstić information content (AvgIpc) is 3.71. The van der Waals surface area contributed by atoms with Crippen LogP contribution in [0.15, 0.2) is 60.6 Å². The summed E-state index contributed by atoms with van der Waals surface area (Å²) in [5.74, 6) is -0.833. The second-order valence-corrected chi connectivity index (χ2v) is 10.0. The van der Waals surface area contributed by atoms with Gasteiger partial charge in [-0.05, 0) is 68.0 Å². The predicted octanol–water partition coefficient (Wildman–Crippen LogP) is 5.52. The van der Waals surface area contributed by atoms with Crippen LogP contribution in [0.5, 0.6) is 11.5 Å². The number of benzene rings is 2. The minimum atomic E-state index is -0.674. The lowest BCUT2D eigenvalue weighted by atomic mass is 10.1. The number of amides is 1. The van der Waals surface area contributed by atoms with E-state index < -0.39 is 11.6 Å². The van der Waals surface area contributed by atoms with Crippen molar-refractivity contribution in [1.29, 1.82) is 0 Å². The first-order valence-electron chi connectivity index (χ1n) is 13.0. The molecule has 0 unspecified atom stereocenters. The lowest BCUT2D eigenvalue weighted by molar-refractivity contribution is -0.128. The number of halogens is 2. The van der Waals surface area contributed by atoms with Crippen LogP contribution in [0.2, 0.25) is 0 Å². The summed E-state index contributed by atoms with van der Waals surface area (Å²) >= 11 is 0. The van der Waals surface area contributed by atoms with Crippen molar-refractivity contribution in [1.82, 2.24) is 24.6 Å². The highest BCUT2D eigenvalue weighted by molar-refractivity contribution is 5.98. The maximum atomic E-state index is 14.0. The first-order chi connectivity index (χ1) is 19.4. The van der Waals surface area contributed by atoms with E-state index in [4.69, 9.17) is 22.1 Å². The number of nitrogen functional groups attached to an aromatic ring is 1. The van der Waals surface area contributed by atoms with Crippen molar-refractivity contribution in [2.75, 3.05) is 18.8 Å². The standard InChI is InChI=1S/C29H25F2N7O2/c1-33-23(13-17-4-5-17)29(39)37-12-2-3-20(15-37)38-28-25(27(32)34-16-35-28)26(36-38)18-6-9-21(10-7-18)40-24-14-19(30)8-11-22(24)31/h6-11,13-14,16-17,20H,2-5,12,15H2,(H2,32,34,35)/t20-/m1/s1. The second kappa shape index (κ2) is 10.4. The summed E-state index contributed by atoms with van der Waals surface area (Å²) in [6, 6.07) is 9.58. The Morgan fingerprint density at radius 3 is 2.67 bits per heavy atom. The molecule has 2 N–H and O–H groups in total. The molecule has 4 aromatic rings. The van der Waals surface area contributed by atoms with Gasteiger partial charge in [-0.1, -0.05) is 6.08 Å². The zero-order valence-corrected chi connectivity index (χ0v) is 21.4. The fourth-order valence-electron chi connectivity index (χ4n) is 4.96. The van der Waals surface area contributed by atoms with Gasteiger partial charge in [0.1, 0.15) is 29.4 Å². The van der Waals surface area contributed by atoms with Gasteiger partial charge in [-0.2, -0.15) is 5.10 Å². The van der Waals surface area contributed by atoms with Crippen LogP contribution in [-0.4, -0.2) is 43.6 Å². The molecule has 1 aliphatic carbocycles. The Labute approximate surface area is 228 Å². The molecule has 0 radical (unpaired) electrons. The molecule has 2 aromatic carbocycles. The van der Waals surface area contributed by atoms with Crippen molar-refractivity contribution in [2.45, 2.75) is 31.7 Å². The van der Waals surface area contributed by atoms with Gasteiger partial charge < -0.3 is 15.4 Å². The molecule has 1 aliphatic heterocycles. The quantitative estimate of drug-likeness (QED) is 0.255. The summed E-state index contributed by atoms with van der Waals surface area (Å²) in [6.07, 6.45) is 6.75. The zero-order chi connectivity index (χ0) is 27.8. The normalized spacial score (nSPS) is 17.6. The molecule has 0 bridgehead atoms. The summed E-state index contributed by atoms with van der Waals surface area (Å²) in [7, 11) is 0. The number of fused-ring (bicyclic) bond motifs is 1. The van der Waals surface area contributed by atoms with Crippen LogP contribution >= 0.6 is 0 Å². The van der Waals surface area contributed by atoms with E-state index >= 15 is 0 Å². The minimum absolute atomic E-state index is 0.172. The highest BCUT2D eigenvalue weighted by Gasteiger charge is 2.31. The number of likely N-dealkylation sites (tertiary alicyclic amines) is 1. The Morgan fingerprint density at radius 1 is 1.12 bits per heavy atom. The SMILES string of the molecule is [C-]#[N+]C(=CC1CC1)C(=O)N1CCC[C@@H](n2nc(-c3ccc(Oc4cc(F)ccc4F)cc3)c3c(N)ncnc32)C1. The van der Waals surface area contributed by atoms with Crippen molar-refractivity contribution in [3.8, 4) is 22.8 Å². The largest absolute Gasteiger partial charge is 0.454 e. The van der Waals surface area contributed by atoms with Gasteiger partial charge in [-0.3, -0.25) is 4.79 Å². The highest BCUT2D eigenvalue weighted by atomic mass is 19.1. The molecule has 1 amide bonds. The topological polar surface area (TPSA) is 104 Å². The van der Waals surface area contributed by atoms with Gasteiger partial charge in [0.25, 0.3) is 5.91 Å². The number of carbonyl (C=O) groups excluding carboxylic acids is 1. The number of aromatic nitrogens is 4. The molecule has 40 heavy (non-hydrogen) atoms. The van der Waals surface area contributed by atoms with E-state index in [-0.39, 0.29) is 29.2 Å². The first kappa shape index (κ1) is 25.4. The number of allylic oxidation sites excluding steroid dienone is 1. The molecule has 0 spiro atoms. The Hall–Kier alpha value is -4.85. The molecule has 11 heteroatoms. The zero-order valence-electron chi connectivity index (χ0n) is 21.4. The number of ether oxygens (including phenoxy) is 1. The number of nitrogens with zero attached hydrogens (tertiary/aromatic N) is 6. The van der Waals surface area contributed by atoms with Gasteiger partial charge in [-0.15, -0.1) is 0 Å². The monoisotopic (exact) mass is 541 g/mol. The van der Waals surface area contributed by atoms with E-state index in [9.17, 15) is 13.6 Å². The average molecular weight is 542 g/mol. The van der Waals surface area contributed by atoms with Crippen LogP contribution in [-0.2, 0) is 4.79 Å². The Kier molecular flexibility index (Phi) is 6.59. The summed E-state index contributed by atoms with van der Waals surface area (Å²) in [5.41, 5.74) is 8.25. The molecule has 9 nitrogen and oxygen atoms in total. The van der Waals surface area contributed by atoms with E-state index in [0.29, 0.717) is 47.0 Å². The van der Waals surface area contributed by atoms with Gasteiger partial charge in [-0.25, -0.2) is 28.3 Å². The third-order valence-corrected chi connectivity index (χ3v) is 7.15. The van der Waals surface area contributed by atoms with Crippen molar-refractivity contribution in [3.05, 3.63) is 83.6 Å². The van der Waals surface area contributed by atoms with E-state index in [1.54, 1.807) is 39.9 Å². The molecule has 1 atom stereocenters. The van der Waals surface area contributed by atoms with Gasteiger partial charge >= 0.3 is 0 Å². The minimum Gasteiger partial charge on any atom is -0.454 e. The number of carbonyl (C=O) groups is 1. The maximum absolute atomic E-state index is 14.0. The molecular formula is C29H25F2N7O2. The third-order valence-electron chi connectivity index (χ3n) is 7.15. The van der Waals surface area contributed by atoms with Crippen LogP contribution in [0.3, 0.4) is 0 Å². The summed E-state index contributed by atoms with van der Waals surface area (Å²) in [4.78, 5) is 27.0. The van der Waals surface area contributed by atoms with Crippen LogP contribution in [0.1, 0.15) is 31.7 Å². The number of hydrogen-bond acceptors (Lipinski definition) is 6.